The number of amides is 1. The van der Waals surface area contributed by atoms with Gasteiger partial charge in [-0.3, -0.25) is 10.00 Å². The fraction of sp³-hybridized carbons (Fsp3) is 0.500. The average molecular weight is 367 g/mol. The second kappa shape index (κ2) is 6.54. The number of hydrogen-bond donors (Lipinski definition) is 3. The zero-order valence-corrected chi connectivity index (χ0v) is 15.0. The lowest BCUT2D eigenvalue weighted by molar-refractivity contribution is 0.0955. The predicted octanol–water partition coefficient (Wildman–Crippen LogP) is 2.98. The van der Waals surface area contributed by atoms with Crippen LogP contribution in [-0.4, -0.2) is 48.1 Å². The number of aromatic nitrogens is 4. The Morgan fingerprint density at radius 1 is 1.41 bits per heavy atom. The van der Waals surface area contributed by atoms with Crippen molar-refractivity contribution in [3.05, 3.63) is 29.6 Å². The number of nitrogens with one attached hydrogen (secondary N) is 2. The highest BCUT2D eigenvalue weighted by molar-refractivity contribution is 5.67. The van der Waals surface area contributed by atoms with Crippen molar-refractivity contribution >= 4 is 17.7 Å². The van der Waals surface area contributed by atoms with Crippen LogP contribution in [0.15, 0.2) is 18.3 Å². The summed E-state index contributed by atoms with van der Waals surface area (Å²) >= 11 is 0. The van der Waals surface area contributed by atoms with Crippen molar-refractivity contribution in [2.24, 2.45) is 0 Å². The number of rotatable bonds is 5. The Morgan fingerprint density at radius 3 is 2.93 bits per heavy atom. The molecule has 0 saturated heterocycles. The van der Waals surface area contributed by atoms with Crippen LogP contribution < -0.4 is 5.32 Å². The molecule has 0 unspecified atom stereocenters. The van der Waals surface area contributed by atoms with E-state index in [0.29, 0.717) is 17.2 Å². The zero-order chi connectivity index (χ0) is 19.0. The quantitative estimate of drug-likeness (QED) is 0.740. The van der Waals surface area contributed by atoms with Gasteiger partial charge in [-0.1, -0.05) is 0 Å². The van der Waals surface area contributed by atoms with Crippen LogP contribution in [0.25, 0.3) is 0 Å². The highest BCUT2D eigenvalue weighted by Crippen LogP contribution is 2.47. The minimum atomic E-state index is -0.816. The molecular weight excluding hydrogens is 346 g/mol. The topological polar surface area (TPSA) is 131 Å². The van der Waals surface area contributed by atoms with Gasteiger partial charge in [-0.2, -0.15) is 15.5 Å². The van der Waals surface area contributed by atoms with Gasteiger partial charge in [0.15, 0.2) is 11.6 Å². The van der Waals surface area contributed by atoms with E-state index in [-0.39, 0.29) is 17.5 Å². The van der Waals surface area contributed by atoms with Gasteiger partial charge in [0.1, 0.15) is 6.07 Å². The van der Waals surface area contributed by atoms with Crippen molar-refractivity contribution in [1.29, 1.82) is 5.26 Å². The van der Waals surface area contributed by atoms with Crippen LogP contribution in [0.5, 0.6) is 0 Å². The van der Waals surface area contributed by atoms with Crippen molar-refractivity contribution in [2.75, 3.05) is 5.32 Å². The molecule has 2 aromatic rings. The van der Waals surface area contributed by atoms with E-state index >= 15 is 0 Å². The summed E-state index contributed by atoms with van der Waals surface area (Å²) in [5.74, 6) is 1.30. The molecule has 1 amide bonds. The second-order valence-electron chi connectivity index (χ2n) is 7.59. The summed E-state index contributed by atoms with van der Waals surface area (Å²) in [5.41, 5.74) is 1.22. The molecule has 2 saturated carbocycles. The Balaban J connectivity index is 1.43. The highest BCUT2D eigenvalue weighted by atomic mass is 16.4. The average Bonchev–Trinajstić information content (AvgIpc) is 3.03. The Morgan fingerprint density at radius 2 is 2.22 bits per heavy atom. The summed E-state index contributed by atoms with van der Waals surface area (Å²) in [6, 6.07) is 5.59. The third kappa shape index (κ3) is 3.43. The molecule has 4 rings (SSSR count). The summed E-state index contributed by atoms with van der Waals surface area (Å²) in [5, 5.41) is 36.6. The van der Waals surface area contributed by atoms with E-state index in [9.17, 15) is 9.90 Å². The molecule has 0 aromatic carbocycles. The van der Waals surface area contributed by atoms with Crippen LogP contribution in [0.2, 0.25) is 0 Å². The van der Waals surface area contributed by atoms with E-state index < -0.39 is 6.09 Å². The van der Waals surface area contributed by atoms with Gasteiger partial charge in [-0.15, -0.1) is 5.10 Å². The van der Waals surface area contributed by atoms with Crippen molar-refractivity contribution in [2.45, 2.75) is 56.5 Å². The van der Waals surface area contributed by atoms with Crippen LogP contribution in [0.3, 0.4) is 0 Å². The molecule has 27 heavy (non-hydrogen) atoms. The number of nitrogens with zero attached hydrogens (tertiary/aromatic N) is 5. The molecule has 2 atom stereocenters. The first-order chi connectivity index (χ1) is 13.0. The molecule has 2 heterocycles. The standard InChI is InChI=1S/C18H21N7O2/c1-18(4-5-18)25(17(26)27)13-3-2-12(7-13)14-8-16(24-22-14)21-15-6-11(9-19)10-20-23-15/h6,8,10,12-13H,2-5,7H2,1H3,(H,26,27)(H2,21,22,23,24)/t12-,13+/m0/s1. The van der Waals surface area contributed by atoms with Crippen LogP contribution in [-0.2, 0) is 0 Å². The number of carboxylic acid groups (broad SMARTS) is 1. The SMILES string of the molecule is CC1(N(C(=O)O)[C@@H]2CC[C@H](c3cc(Nc4cc(C#N)cnn4)n[nH]3)C2)CC1. The van der Waals surface area contributed by atoms with Crippen LogP contribution in [0, 0.1) is 11.3 Å². The van der Waals surface area contributed by atoms with Gasteiger partial charge >= 0.3 is 6.09 Å². The number of nitriles is 1. The Labute approximate surface area is 156 Å². The van der Waals surface area contributed by atoms with Crippen LogP contribution in [0.1, 0.15) is 56.2 Å². The van der Waals surface area contributed by atoms with Gasteiger partial charge in [0.2, 0.25) is 0 Å². The molecule has 140 valence electrons. The Bertz CT molecular complexity index is 899. The molecular formula is C18H21N7O2. The van der Waals surface area contributed by atoms with Crippen molar-refractivity contribution < 1.29 is 9.90 Å². The fourth-order valence-corrected chi connectivity index (χ4v) is 3.95. The molecule has 9 heteroatoms. The normalized spacial score (nSPS) is 22.8. The second-order valence-corrected chi connectivity index (χ2v) is 7.59. The highest BCUT2D eigenvalue weighted by Gasteiger charge is 2.50. The van der Waals surface area contributed by atoms with Gasteiger partial charge < -0.3 is 10.4 Å². The Hall–Kier alpha value is -3.15. The fourth-order valence-electron chi connectivity index (χ4n) is 3.95. The molecule has 0 spiro atoms. The maximum atomic E-state index is 11.7. The van der Waals surface area contributed by atoms with Gasteiger partial charge in [-0.25, -0.2) is 4.79 Å². The van der Waals surface area contributed by atoms with E-state index in [4.69, 9.17) is 5.26 Å². The smallest absolute Gasteiger partial charge is 0.408 e. The molecule has 0 radical (unpaired) electrons. The third-order valence-corrected chi connectivity index (χ3v) is 5.61. The molecule has 0 aliphatic heterocycles. The van der Waals surface area contributed by atoms with Crippen LogP contribution in [0.4, 0.5) is 16.4 Å². The number of carbonyl (C=O) groups is 1. The van der Waals surface area contributed by atoms with Crippen molar-refractivity contribution in [3.8, 4) is 6.07 Å². The molecule has 0 bridgehead atoms. The first-order valence-corrected chi connectivity index (χ1v) is 9.06. The van der Waals surface area contributed by atoms with E-state index in [1.165, 1.54) is 6.20 Å². The minimum Gasteiger partial charge on any atom is -0.465 e. The lowest BCUT2D eigenvalue weighted by atomic mass is 10.0. The summed E-state index contributed by atoms with van der Waals surface area (Å²) in [4.78, 5) is 13.4. The van der Waals surface area contributed by atoms with E-state index in [1.807, 2.05) is 19.1 Å². The summed E-state index contributed by atoms with van der Waals surface area (Å²) in [6.07, 6.45) is 5.06. The summed E-state index contributed by atoms with van der Waals surface area (Å²) in [7, 11) is 0. The lowest BCUT2D eigenvalue weighted by Gasteiger charge is -2.32. The van der Waals surface area contributed by atoms with Gasteiger partial charge in [-0.05, 0) is 39.0 Å². The van der Waals surface area contributed by atoms with E-state index in [1.54, 1.807) is 11.0 Å². The van der Waals surface area contributed by atoms with E-state index in [0.717, 1.165) is 37.8 Å². The third-order valence-electron chi connectivity index (χ3n) is 5.61. The van der Waals surface area contributed by atoms with Gasteiger partial charge in [0, 0.05) is 35.3 Å². The molecule has 2 fully saturated rings. The maximum Gasteiger partial charge on any atom is 0.408 e. The number of anilines is 2. The molecule has 3 N–H and O–H groups in total. The Kier molecular flexibility index (Phi) is 4.18. The first-order valence-electron chi connectivity index (χ1n) is 9.06. The largest absolute Gasteiger partial charge is 0.465 e. The summed E-state index contributed by atoms with van der Waals surface area (Å²) in [6.45, 7) is 2.03. The van der Waals surface area contributed by atoms with Gasteiger partial charge in [0.25, 0.3) is 0 Å². The zero-order valence-electron chi connectivity index (χ0n) is 15.0. The van der Waals surface area contributed by atoms with E-state index in [2.05, 4.69) is 25.7 Å². The molecule has 2 aliphatic rings. The van der Waals surface area contributed by atoms with Crippen molar-refractivity contribution in [3.63, 3.8) is 0 Å². The minimum absolute atomic E-state index is 0.0536. The number of aromatic amines is 1. The monoisotopic (exact) mass is 367 g/mol. The molecule has 2 aromatic heterocycles. The molecule has 9 nitrogen and oxygen atoms in total. The maximum absolute atomic E-state index is 11.7. The van der Waals surface area contributed by atoms with Crippen LogP contribution >= 0.6 is 0 Å². The predicted molar refractivity (Wildman–Crippen MR) is 96.5 cm³/mol. The first kappa shape index (κ1) is 17.3. The number of H-pyrrole nitrogens is 1. The van der Waals surface area contributed by atoms with Crippen molar-refractivity contribution in [1.82, 2.24) is 25.3 Å². The summed E-state index contributed by atoms with van der Waals surface area (Å²) < 4.78 is 0. The number of hydrogen-bond acceptors (Lipinski definition) is 6. The van der Waals surface area contributed by atoms with Gasteiger partial charge in [0.05, 0.1) is 11.8 Å². The lowest BCUT2D eigenvalue weighted by Crippen LogP contribution is -2.45. The molecule has 2 aliphatic carbocycles.